The molecule has 0 aliphatic carbocycles. The van der Waals surface area contributed by atoms with Gasteiger partial charge in [-0.3, -0.25) is 0 Å². The largest absolute Gasteiger partial charge is 0.474 e. The van der Waals surface area contributed by atoms with E-state index in [4.69, 9.17) is 20.7 Å². The summed E-state index contributed by atoms with van der Waals surface area (Å²) >= 11 is 5.27. The lowest BCUT2D eigenvalue weighted by atomic mass is 9.90. The van der Waals surface area contributed by atoms with E-state index in [9.17, 15) is 4.57 Å². The minimum Gasteiger partial charge on any atom is -0.413 e. The van der Waals surface area contributed by atoms with Gasteiger partial charge < -0.3 is 9.42 Å². The first kappa shape index (κ1) is 14.6. The molecule has 1 rings (SSSR count). The topological polar surface area (TPSA) is 46.5 Å². The third kappa shape index (κ3) is 4.02. The Labute approximate surface area is 107 Å². The van der Waals surface area contributed by atoms with Crippen molar-refractivity contribution in [2.45, 2.75) is 39.5 Å². The molecule has 1 aromatic carbocycles. The van der Waals surface area contributed by atoms with E-state index < -0.39 is 6.95 Å². The quantitative estimate of drug-likeness (QED) is 0.814. The van der Waals surface area contributed by atoms with E-state index in [2.05, 4.69) is 13.8 Å². The molecule has 0 amide bonds. The molecule has 3 nitrogen and oxygen atoms in total. The summed E-state index contributed by atoms with van der Waals surface area (Å²) in [5, 5.41) is 0. The van der Waals surface area contributed by atoms with Crippen LogP contribution in [0.3, 0.4) is 0 Å². The standard InChI is InChI=1S/C12H18ClO3P/c1-8(2)10-6-5-7-11(12(10)9(3)4)16-17(13,14)15/h5-9H,1-4H3,(H,14,15). The van der Waals surface area contributed by atoms with Crippen LogP contribution in [0.25, 0.3) is 0 Å². The molecule has 0 bridgehead atoms. The normalized spacial score (nSPS) is 15.1. The van der Waals surface area contributed by atoms with E-state index in [0.717, 1.165) is 11.1 Å². The Balaban J connectivity index is 3.30. The fraction of sp³-hybridized carbons (Fsp3) is 0.500. The van der Waals surface area contributed by atoms with Gasteiger partial charge in [0.05, 0.1) is 0 Å². The minimum absolute atomic E-state index is 0.201. The first-order valence-corrected chi connectivity index (χ1v) is 8.05. The van der Waals surface area contributed by atoms with Gasteiger partial charge in [-0.05, 0) is 23.5 Å². The SMILES string of the molecule is CC(C)c1cccc(OP(=O)(O)Cl)c1C(C)C. The van der Waals surface area contributed by atoms with Crippen molar-refractivity contribution in [1.82, 2.24) is 0 Å². The first-order valence-electron chi connectivity index (χ1n) is 5.57. The lowest BCUT2D eigenvalue weighted by Crippen LogP contribution is -2.02. The summed E-state index contributed by atoms with van der Waals surface area (Å²) in [4.78, 5) is 9.11. The van der Waals surface area contributed by atoms with E-state index in [1.165, 1.54) is 0 Å². The highest BCUT2D eigenvalue weighted by Crippen LogP contribution is 2.50. The summed E-state index contributed by atoms with van der Waals surface area (Å²) in [6.07, 6.45) is 0. The molecule has 1 N–H and O–H groups in total. The van der Waals surface area contributed by atoms with E-state index in [-0.39, 0.29) is 5.92 Å². The van der Waals surface area contributed by atoms with Crippen molar-refractivity contribution in [3.05, 3.63) is 29.3 Å². The second-order valence-corrected chi connectivity index (χ2v) is 6.98. The summed E-state index contributed by atoms with van der Waals surface area (Å²) in [6.45, 7) is 4.15. The van der Waals surface area contributed by atoms with Crippen LogP contribution in [0.5, 0.6) is 5.75 Å². The van der Waals surface area contributed by atoms with E-state index >= 15 is 0 Å². The molecule has 0 aliphatic heterocycles. The van der Waals surface area contributed by atoms with Crippen LogP contribution in [0.1, 0.15) is 50.7 Å². The molecule has 1 aromatic rings. The van der Waals surface area contributed by atoms with Gasteiger partial charge in [0.25, 0.3) is 0 Å². The molecule has 0 radical (unpaired) electrons. The van der Waals surface area contributed by atoms with Crippen molar-refractivity contribution in [2.75, 3.05) is 0 Å². The van der Waals surface area contributed by atoms with Crippen molar-refractivity contribution >= 4 is 18.2 Å². The van der Waals surface area contributed by atoms with Crippen LogP contribution in [0.2, 0.25) is 0 Å². The third-order valence-electron chi connectivity index (χ3n) is 2.51. The highest BCUT2D eigenvalue weighted by Gasteiger charge is 2.22. The molecular formula is C12H18ClO3P. The van der Waals surface area contributed by atoms with E-state index in [0.29, 0.717) is 11.7 Å². The molecule has 1 unspecified atom stereocenters. The Hall–Kier alpha value is -0.500. The highest BCUT2D eigenvalue weighted by molar-refractivity contribution is 7.80. The minimum atomic E-state index is -4.03. The van der Waals surface area contributed by atoms with Gasteiger partial charge in [-0.15, -0.1) is 0 Å². The molecule has 0 spiro atoms. The zero-order valence-corrected chi connectivity index (χ0v) is 12.1. The van der Waals surface area contributed by atoms with Crippen LogP contribution < -0.4 is 4.52 Å². The molecule has 0 aliphatic rings. The average Bonchev–Trinajstić information content (AvgIpc) is 2.14. The van der Waals surface area contributed by atoms with Gasteiger partial charge in [0.2, 0.25) is 0 Å². The molecular weight excluding hydrogens is 259 g/mol. The van der Waals surface area contributed by atoms with Gasteiger partial charge in [0, 0.05) is 16.8 Å². The predicted molar refractivity (Wildman–Crippen MR) is 70.9 cm³/mol. The van der Waals surface area contributed by atoms with Crippen LogP contribution in [0.4, 0.5) is 0 Å². The van der Waals surface area contributed by atoms with Gasteiger partial charge in [-0.2, -0.15) is 0 Å². The maximum absolute atomic E-state index is 11.1. The fourth-order valence-corrected chi connectivity index (χ4v) is 2.51. The Bertz CT molecular complexity index is 437. The predicted octanol–water partition coefficient (Wildman–Crippen LogP) is 4.65. The van der Waals surface area contributed by atoms with Crippen molar-refractivity contribution in [2.24, 2.45) is 0 Å². The van der Waals surface area contributed by atoms with Crippen LogP contribution in [0.15, 0.2) is 18.2 Å². The zero-order valence-electron chi connectivity index (χ0n) is 10.5. The molecule has 1 atom stereocenters. The van der Waals surface area contributed by atoms with Gasteiger partial charge in [0.1, 0.15) is 5.75 Å². The first-order chi connectivity index (χ1) is 7.72. The fourth-order valence-electron chi connectivity index (χ4n) is 1.88. The Morgan fingerprint density at radius 2 is 1.82 bits per heavy atom. The summed E-state index contributed by atoms with van der Waals surface area (Å²) in [5.41, 5.74) is 2.06. The lowest BCUT2D eigenvalue weighted by molar-refractivity contribution is 0.398. The summed E-state index contributed by atoms with van der Waals surface area (Å²) in [6, 6.07) is 5.49. The molecule has 0 aromatic heterocycles. The molecule has 0 fully saturated rings. The lowest BCUT2D eigenvalue weighted by Gasteiger charge is -2.20. The Morgan fingerprint density at radius 3 is 2.24 bits per heavy atom. The van der Waals surface area contributed by atoms with E-state index in [1.807, 2.05) is 26.0 Å². The zero-order chi connectivity index (χ0) is 13.2. The van der Waals surface area contributed by atoms with Gasteiger partial charge in [0.15, 0.2) is 0 Å². The molecule has 0 saturated carbocycles. The number of halogens is 1. The third-order valence-corrected chi connectivity index (χ3v) is 3.14. The van der Waals surface area contributed by atoms with Crippen molar-refractivity contribution < 1.29 is 14.0 Å². The molecule has 5 heteroatoms. The second-order valence-electron chi connectivity index (χ2n) is 4.61. The Morgan fingerprint density at radius 1 is 1.24 bits per heavy atom. The second kappa shape index (κ2) is 5.43. The molecule has 17 heavy (non-hydrogen) atoms. The summed E-state index contributed by atoms with van der Waals surface area (Å²) in [5.74, 6) is 0.920. The summed E-state index contributed by atoms with van der Waals surface area (Å²) in [7, 11) is 0. The van der Waals surface area contributed by atoms with Crippen molar-refractivity contribution in [1.29, 1.82) is 0 Å². The maximum Gasteiger partial charge on any atom is 0.474 e. The van der Waals surface area contributed by atoms with Gasteiger partial charge >= 0.3 is 6.95 Å². The van der Waals surface area contributed by atoms with Crippen LogP contribution in [0, 0.1) is 0 Å². The maximum atomic E-state index is 11.1. The van der Waals surface area contributed by atoms with Crippen molar-refractivity contribution in [3.8, 4) is 5.75 Å². The van der Waals surface area contributed by atoms with Gasteiger partial charge in [-0.25, -0.2) is 4.57 Å². The van der Waals surface area contributed by atoms with Crippen molar-refractivity contribution in [3.63, 3.8) is 0 Å². The number of hydrogen-bond donors (Lipinski definition) is 1. The van der Waals surface area contributed by atoms with Crippen LogP contribution in [-0.4, -0.2) is 4.89 Å². The highest BCUT2D eigenvalue weighted by atomic mass is 35.7. The molecule has 0 heterocycles. The van der Waals surface area contributed by atoms with E-state index in [1.54, 1.807) is 6.07 Å². The number of rotatable bonds is 4. The monoisotopic (exact) mass is 276 g/mol. The van der Waals surface area contributed by atoms with Gasteiger partial charge in [-0.1, -0.05) is 39.8 Å². The molecule has 0 saturated heterocycles. The Kier molecular flexibility index (Phi) is 4.65. The number of benzene rings is 1. The summed E-state index contributed by atoms with van der Waals surface area (Å²) < 4.78 is 16.1. The average molecular weight is 277 g/mol. The van der Waals surface area contributed by atoms with Crippen LogP contribution >= 0.6 is 18.2 Å². The molecule has 96 valence electrons. The smallest absolute Gasteiger partial charge is 0.413 e. The number of hydrogen-bond acceptors (Lipinski definition) is 2. The van der Waals surface area contributed by atoms with Crippen LogP contribution in [-0.2, 0) is 4.57 Å².